The van der Waals surface area contributed by atoms with Crippen molar-refractivity contribution in [1.82, 2.24) is 14.9 Å². The predicted molar refractivity (Wildman–Crippen MR) is 73.8 cm³/mol. The molecule has 1 aromatic carbocycles. The minimum Gasteiger partial charge on any atom is -0.399 e. The lowest BCUT2D eigenvalue weighted by molar-refractivity contribution is -0.136. The van der Waals surface area contributed by atoms with Crippen LogP contribution in [0.5, 0.6) is 0 Å². The van der Waals surface area contributed by atoms with Gasteiger partial charge in [-0.25, -0.2) is 9.97 Å². The molecule has 1 saturated heterocycles. The lowest BCUT2D eigenvalue weighted by atomic mass is 10.2. The molecule has 1 fully saturated rings. The van der Waals surface area contributed by atoms with Crippen molar-refractivity contribution in [1.29, 1.82) is 0 Å². The SMILES string of the molecule is CN1C(=O)CC(Nc2ncnc3ccc(N)cc23)C1=O. The molecule has 1 aliphatic heterocycles. The predicted octanol–water partition coefficient (Wildman–Crippen LogP) is 0.381. The fourth-order valence-corrected chi connectivity index (χ4v) is 2.22. The zero-order valence-electron chi connectivity index (χ0n) is 10.8. The number of benzene rings is 1. The van der Waals surface area contributed by atoms with Gasteiger partial charge in [-0.05, 0) is 18.2 Å². The van der Waals surface area contributed by atoms with Crippen LogP contribution in [0.1, 0.15) is 6.42 Å². The first kappa shape index (κ1) is 12.3. The molecule has 0 spiro atoms. The van der Waals surface area contributed by atoms with Crippen molar-refractivity contribution in [2.75, 3.05) is 18.1 Å². The van der Waals surface area contributed by atoms with Gasteiger partial charge in [0.25, 0.3) is 5.91 Å². The third-order valence-corrected chi connectivity index (χ3v) is 3.35. The number of carbonyl (C=O) groups is 2. The van der Waals surface area contributed by atoms with E-state index in [0.717, 1.165) is 15.8 Å². The molecule has 1 unspecified atom stereocenters. The van der Waals surface area contributed by atoms with Crippen LogP contribution in [0.25, 0.3) is 10.9 Å². The third kappa shape index (κ3) is 1.93. The van der Waals surface area contributed by atoms with Gasteiger partial charge in [-0.15, -0.1) is 0 Å². The monoisotopic (exact) mass is 271 g/mol. The number of carbonyl (C=O) groups excluding carboxylic acids is 2. The quantitative estimate of drug-likeness (QED) is 0.605. The Balaban J connectivity index is 1.97. The molecule has 1 aliphatic rings. The van der Waals surface area contributed by atoms with Crippen LogP contribution in [0.15, 0.2) is 24.5 Å². The number of amides is 2. The van der Waals surface area contributed by atoms with E-state index in [2.05, 4.69) is 15.3 Å². The van der Waals surface area contributed by atoms with Crippen LogP contribution in [-0.2, 0) is 9.59 Å². The van der Waals surface area contributed by atoms with Gasteiger partial charge in [-0.3, -0.25) is 14.5 Å². The van der Waals surface area contributed by atoms with Gasteiger partial charge >= 0.3 is 0 Å². The highest BCUT2D eigenvalue weighted by Crippen LogP contribution is 2.24. The Morgan fingerprint density at radius 3 is 2.85 bits per heavy atom. The number of nitrogens with zero attached hydrogens (tertiary/aromatic N) is 3. The first-order valence-corrected chi connectivity index (χ1v) is 6.13. The maximum Gasteiger partial charge on any atom is 0.251 e. The van der Waals surface area contributed by atoms with Crippen molar-refractivity contribution < 1.29 is 9.59 Å². The van der Waals surface area contributed by atoms with Gasteiger partial charge in [0.2, 0.25) is 5.91 Å². The number of nitrogen functional groups attached to an aromatic ring is 1. The Bertz CT molecular complexity index is 715. The van der Waals surface area contributed by atoms with Crippen LogP contribution >= 0.6 is 0 Å². The maximum atomic E-state index is 11.9. The molecular formula is C13H13N5O2. The summed E-state index contributed by atoms with van der Waals surface area (Å²) in [7, 11) is 1.47. The number of likely N-dealkylation sites (N-methyl/N-ethyl adjacent to an activating group) is 1. The number of rotatable bonds is 2. The lowest BCUT2D eigenvalue weighted by Crippen LogP contribution is -2.32. The molecule has 7 nitrogen and oxygen atoms in total. The second kappa shape index (κ2) is 4.44. The fraction of sp³-hybridized carbons (Fsp3) is 0.231. The van der Waals surface area contributed by atoms with Crippen LogP contribution in [0.4, 0.5) is 11.5 Å². The average molecular weight is 271 g/mol. The number of nitrogens with two attached hydrogens (primary N) is 1. The Morgan fingerprint density at radius 2 is 2.15 bits per heavy atom. The van der Waals surface area contributed by atoms with Crippen molar-refractivity contribution in [3.63, 3.8) is 0 Å². The lowest BCUT2D eigenvalue weighted by Gasteiger charge is -2.13. The number of anilines is 2. The number of hydrogen-bond donors (Lipinski definition) is 2. The highest BCUT2D eigenvalue weighted by Gasteiger charge is 2.36. The Morgan fingerprint density at radius 1 is 1.35 bits per heavy atom. The number of aromatic nitrogens is 2. The van der Waals surface area contributed by atoms with Gasteiger partial charge in [0, 0.05) is 18.1 Å². The number of nitrogens with one attached hydrogen (secondary N) is 1. The third-order valence-electron chi connectivity index (χ3n) is 3.35. The minimum absolute atomic E-state index is 0.128. The van der Waals surface area contributed by atoms with Crippen molar-refractivity contribution in [2.45, 2.75) is 12.5 Å². The molecule has 3 N–H and O–H groups in total. The standard InChI is InChI=1S/C13H13N5O2/c1-18-11(19)5-10(13(18)20)17-12-8-4-7(14)2-3-9(8)15-6-16-12/h2-4,6,10H,5,14H2,1H3,(H,15,16,17). The Kier molecular flexibility index (Phi) is 2.74. The molecule has 2 aromatic rings. The minimum atomic E-state index is -0.591. The molecule has 7 heteroatoms. The van der Waals surface area contributed by atoms with Crippen LogP contribution in [0.3, 0.4) is 0 Å². The molecule has 0 bridgehead atoms. The maximum absolute atomic E-state index is 11.9. The first-order valence-electron chi connectivity index (χ1n) is 6.13. The van der Waals surface area contributed by atoms with Gasteiger partial charge in [0.1, 0.15) is 18.2 Å². The number of fused-ring (bicyclic) bond motifs is 1. The van der Waals surface area contributed by atoms with Gasteiger partial charge in [0.05, 0.1) is 11.9 Å². The average Bonchev–Trinajstić information content (AvgIpc) is 2.67. The summed E-state index contributed by atoms with van der Waals surface area (Å²) in [5.41, 5.74) is 7.07. The van der Waals surface area contributed by atoms with E-state index in [1.807, 2.05) is 0 Å². The van der Waals surface area contributed by atoms with Crippen LogP contribution in [0, 0.1) is 0 Å². The smallest absolute Gasteiger partial charge is 0.251 e. The highest BCUT2D eigenvalue weighted by molar-refractivity contribution is 6.07. The summed E-state index contributed by atoms with van der Waals surface area (Å²) in [4.78, 5) is 32.8. The number of likely N-dealkylation sites (tertiary alicyclic amines) is 1. The van der Waals surface area contributed by atoms with Crippen LogP contribution in [-0.4, -0.2) is 39.8 Å². The molecule has 2 amide bonds. The van der Waals surface area contributed by atoms with Gasteiger partial charge in [-0.2, -0.15) is 0 Å². The van der Waals surface area contributed by atoms with E-state index in [4.69, 9.17) is 5.73 Å². The summed E-state index contributed by atoms with van der Waals surface area (Å²) < 4.78 is 0. The highest BCUT2D eigenvalue weighted by atomic mass is 16.2. The second-order valence-corrected chi connectivity index (χ2v) is 4.69. The van der Waals surface area contributed by atoms with Crippen molar-refractivity contribution in [2.24, 2.45) is 0 Å². The van der Waals surface area contributed by atoms with Crippen molar-refractivity contribution >= 4 is 34.2 Å². The molecule has 3 rings (SSSR count). The fourth-order valence-electron chi connectivity index (χ4n) is 2.22. The van der Waals surface area contributed by atoms with Crippen molar-refractivity contribution in [3.8, 4) is 0 Å². The van der Waals surface area contributed by atoms with E-state index < -0.39 is 6.04 Å². The molecule has 20 heavy (non-hydrogen) atoms. The van der Waals surface area contributed by atoms with E-state index in [1.165, 1.54) is 13.4 Å². The second-order valence-electron chi connectivity index (χ2n) is 4.69. The van der Waals surface area contributed by atoms with E-state index in [-0.39, 0.29) is 18.2 Å². The summed E-state index contributed by atoms with van der Waals surface area (Å²) in [6, 6.07) is 4.68. The summed E-state index contributed by atoms with van der Waals surface area (Å²) in [6.45, 7) is 0. The Labute approximate surface area is 114 Å². The summed E-state index contributed by atoms with van der Waals surface area (Å²) in [6.07, 6.45) is 1.54. The van der Waals surface area contributed by atoms with E-state index in [9.17, 15) is 9.59 Å². The van der Waals surface area contributed by atoms with Gasteiger partial charge in [0.15, 0.2) is 0 Å². The largest absolute Gasteiger partial charge is 0.399 e. The summed E-state index contributed by atoms with van der Waals surface area (Å²) in [5, 5.41) is 3.73. The van der Waals surface area contributed by atoms with E-state index in [1.54, 1.807) is 18.2 Å². The molecule has 1 aromatic heterocycles. The van der Waals surface area contributed by atoms with Crippen molar-refractivity contribution in [3.05, 3.63) is 24.5 Å². The molecular weight excluding hydrogens is 258 g/mol. The molecule has 2 heterocycles. The summed E-state index contributed by atoms with van der Waals surface area (Å²) >= 11 is 0. The first-order chi connectivity index (χ1) is 9.56. The Hall–Kier alpha value is -2.70. The topological polar surface area (TPSA) is 101 Å². The molecule has 1 atom stereocenters. The number of hydrogen-bond acceptors (Lipinski definition) is 6. The van der Waals surface area contributed by atoms with Gasteiger partial charge < -0.3 is 11.1 Å². The van der Waals surface area contributed by atoms with Crippen LogP contribution in [0.2, 0.25) is 0 Å². The molecule has 0 aliphatic carbocycles. The normalized spacial score (nSPS) is 18.9. The molecule has 0 radical (unpaired) electrons. The zero-order chi connectivity index (χ0) is 14.3. The molecule has 102 valence electrons. The van der Waals surface area contributed by atoms with E-state index >= 15 is 0 Å². The zero-order valence-corrected chi connectivity index (χ0v) is 10.8. The van der Waals surface area contributed by atoms with E-state index in [0.29, 0.717) is 11.5 Å². The summed E-state index contributed by atoms with van der Waals surface area (Å²) in [5.74, 6) is 0.0415. The van der Waals surface area contributed by atoms with Crippen LogP contribution < -0.4 is 11.1 Å². The molecule has 0 saturated carbocycles. The number of imide groups is 1. The van der Waals surface area contributed by atoms with Gasteiger partial charge in [-0.1, -0.05) is 0 Å².